The molecule has 0 heterocycles. The van der Waals surface area contributed by atoms with Crippen LogP contribution in [-0.4, -0.2) is 24.2 Å². The van der Waals surface area contributed by atoms with Crippen molar-refractivity contribution in [1.82, 2.24) is 5.32 Å². The summed E-state index contributed by atoms with van der Waals surface area (Å²) in [4.78, 5) is 25.0. The van der Waals surface area contributed by atoms with E-state index in [0.29, 0.717) is 5.02 Å². The van der Waals surface area contributed by atoms with Crippen molar-refractivity contribution in [2.45, 2.75) is 37.1 Å². The summed E-state index contributed by atoms with van der Waals surface area (Å²) in [7, 11) is 0. The first-order valence-electron chi connectivity index (χ1n) is 8.96. The number of halogens is 1. The summed E-state index contributed by atoms with van der Waals surface area (Å²) in [6.45, 7) is 1.57. The molecule has 1 amide bonds. The van der Waals surface area contributed by atoms with E-state index in [1.807, 2.05) is 25.1 Å². The fourth-order valence-corrected chi connectivity index (χ4v) is 4.07. The molecule has 3 rings (SSSR count). The number of aryl methyl sites for hydroxylation is 2. The molecule has 0 saturated carbocycles. The zero-order chi connectivity index (χ0) is 19.2. The molecule has 0 radical (unpaired) electrons. The second-order valence-corrected chi connectivity index (χ2v) is 8.06. The SMILES string of the molecule is C[C@H](NC(=O)COC(=O)CSc1ccc2c(c1)CCC2)c1cccc(Cl)c1. The first-order valence-corrected chi connectivity index (χ1v) is 10.3. The van der Waals surface area contributed by atoms with Gasteiger partial charge in [0.2, 0.25) is 0 Å². The first-order chi connectivity index (χ1) is 13.0. The van der Waals surface area contributed by atoms with Crippen molar-refractivity contribution in [1.29, 1.82) is 0 Å². The molecule has 0 spiro atoms. The third kappa shape index (κ3) is 5.75. The minimum Gasteiger partial charge on any atom is -0.455 e. The summed E-state index contributed by atoms with van der Waals surface area (Å²) >= 11 is 7.40. The highest BCUT2D eigenvalue weighted by molar-refractivity contribution is 8.00. The van der Waals surface area contributed by atoms with E-state index in [1.165, 1.54) is 29.3 Å². The number of carbonyl (C=O) groups is 2. The van der Waals surface area contributed by atoms with E-state index in [4.69, 9.17) is 16.3 Å². The monoisotopic (exact) mass is 403 g/mol. The summed E-state index contributed by atoms with van der Waals surface area (Å²) in [5.74, 6) is -0.542. The molecule has 0 saturated heterocycles. The number of amides is 1. The van der Waals surface area contributed by atoms with Crippen LogP contribution in [-0.2, 0) is 27.2 Å². The molecule has 0 aromatic heterocycles. The van der Waals surface area contributed by atoms with Gasteiger partial charge in [-0.25, -0.2) is 0 Å². The fraction of sp³-hybridized carbons (Fsp3) is 0.333. The Kier molecular flexibility index (Phi) is 6.80. The molecular weight excluding hydrogens is 382 g/mol. The van der Waals surface area contributed by atoms with E-state index < -0.39 is 5.97 Å². The molecule has 0 fully saturated rings. The zero-order valence-electron chi connectivity index (χ0n) is 15.2. The van der Waals surface area contributed by atoms with Crippen LogP contribution in [0.5, 0.6) is 0 Å². The van der Waals surface area contributed by atoms with Crippen molar-refractivity contribution in [3.63, 3.8) is 0 Å². The average molecular weight is 404 g/mol. The molecule has 1 aliphatic rings. The summed E-state index contributed by atoms with van der Waals surface area (Å²) < 4.78 is 5.08. The number of thioether (sulfide) groups is 1. The lowest BCUT2D eigenvalue weighted by molar-refractivity contribution is -0.146. The second-order valence-electron chi connectivity index (χ2n) is 6.58. The fourth-order valence-electron chi connectivity index (χ4n) is 3.11. The van der Waals surface area contributed by atoms with Crippen LogP contribution in [0.1, 0.15) is 36.1 Å². The maximum atomic E-state index is 12.0. The highest BCUT2D eigenvalue weighted by Crippen LogP contribution is 2.27. The van der Waals surface area contributed by atoms with Crippen LogP contribution in [0.4, 0.5) is 0 Å². The Hall–Kier alpha value is -1.98. The highest BCUT2D eigenvalue weighted by atomic mass is 35.5. The minimum absolute atomic E-state index is 0.190. The van der Waals surface area contributed by atoms with Crippen LogP contribution in [0, 0.1) is 0 Å². The predicted molar refractivity (Wildman–Crippen MR) is 108 cm³/mol. The summed E-state index contributed by atoms with van der Waals surface area (Å²) in [5, 5.41) is 3.41. The van der Waals surface area contributed by atoms with E-state index in [1.54, 1.807) is 12.1 Å². The number of hydrogen-bond acceptors (Lipinski definition) is 4. The molecule has 1 atom stereocenters. The molecule has 2 aromatic carbocycles. The standard InChI is InChI=1S/C21H22ClNO3S/c1-14(16-5-3-7-18(22)10-16)23-20(24)12-26-21(25)13-27-19-9-8-15-4-2-6-17(15)11-19/h3,5,7-11,14H,2,4,6,12-13H2,1H3,(H,23,24)/t14-/m0/s1. The number of rotatable bonds is 7. The third-order valence-electron chi connectivity index (χ3n) is 4.52. The lowest BCUT2D eigenvalue weighted by Gasteiger charge is -2.14. The minimum atomic E-state index is -0.397. The van der Waals surface area contributed by atoms with Crippen LogP contribution in [0.2, 0.25) is 5.02 Å². The van der Waals surface area contributed by atoms with E-state index in [0.717, 1.165) is 23.3 Å². The molecule has 1 N–H and O–H groups in total. The molecule has 2 aromatic rings. The Morgan fingerprint density at radius 3 is 2.81 bits per heavy atom. The number of esters is 1. The van der Waals surface area contributed by atoms with Gasteiger partial charge in [-0.3, -0.25) is 9.59 Å². The Bertz CT molecular complexity index is 840. The maximum absolute atomic E-state index is 12.0. The Balaban J connectivity index is 1.40. The topological polar surface area (TPSA) is 55.4 Å². The quantitative estimate of drug-likeness (QED) is 0.551. The normalized spacial score (nSPS) is 13.7. The molecule has 0 aliphatic heterocycles. The molecule has 1 aliphatic carbocycles. The van der Waals surface area contributed by atoms with Crippen molar-refractivity contribution in [3.05, 3.63) is 64.2 Å². The number of hydrogen-bond donors (Lipinski definition) is 1. The molecule has 142 valence electrons. The largest absolute Gasteiger partial charge is 0.455 e. The van der Waals surface area contributed by atoms with Gasteiger partial charge in [0.25, 0.3) is 5.91 Å². The number of benzene rings is 2. The highest BCUT2D eigenvalue weighted by Gasteiger charge is 2.14. The molecule has 27 heavy (non-hydrogen) atoms. The number of nitrogens with one attached hydrogen (secondary N) is 1. The van der Waals surface area contributed by atoms with Gasteiger partial charge < -0.3 is 10.1 Å². The van der Waals surface area contributed by atoms with Crippen LogP contribution >= 0.6 is 23.4 Å². The molecular formula is C21H22ClNO3S. The van der Waals surface area contributed by atoms with Crippen molar-refractivity contribution in [3.8, 4) is 0 Å². The van der Waals surface area contributed by atoms with Gasteiger partial charge in [0.05, 0.1) is 11.8 Å². The Morgan fingerprint density at radius 2 is 2.00 bits per heavy atom. The lowest BCUT2D eigenvalue weighted by atomic mass is 10.1. The van der Waals surface area contributed by atoms with E-state index in [9.17, 15) is 9.59 Å². The molecule has 0 unspecified atom stereocenters. The summed E-state index contributed by atoms with van der Waals surface area (Å²) in [5.41, 5.74) is 3.68. The van der Waals surface area contributed by atoms with Crippen LogP contribution in [0.3, 0.4) is 0 Å². The average Bonchev–Trinajstić information content (AvgIpc) is 3.12. The van der Waals surface area contributed by atoms with Gasteiger partial charge >= 0.3 is 5.97 Å². The van der Waals surface area contributed by atoms with E-state index >= 15 is 0 Å². The van der Waals surface area contributed by atoms with Crippen molar-refractivity contribution >= 4 is 35.2 Å². The van der Waals surface area contributed by atoms with Gasteiger partial charge in [0.15, 0.2) is 6.61 Å². The number of ether oxygens (including phenoxy) is 1. The van der Waals surface area contributed by atoms with E-state index in [2.05, 4.69) is 17.4 Å². The smallest absolute Gasteiger partial charge is 0.316 e. The van der Waals surface area contributed by atoms with Gasteiger partial charge in [-0.1, -0.05) is 29.8 Å². The maximum Gasteiger partial charge on any atom is 0.316 e. The molecule has 4 nitrogen and oxygen atoms in total. The van der Waals surface area contributed by atoms with Crippen LogP contribution < -0.4 is 5.32 Å². The molecule has 0 bridgehead atoms. The summed E-state index contributed by atoms with van der Waals surface area (Å²) in [6.07, 6.45) is 3.46. The Morgan fingerprint density at radius 1 is 1.19 bits per heavy atom. The zero-order valence-corrected chi connectivity index (χ0v) is 16.7. The lowest BCUT2D eigenvalue weighted by Crippen LogP contribution is -2.31. The van der Waals surface area contributed by atoms with Gasteiger partial charge in [-0.05, 0) is 67.1 Å². The number of fused-ring (bicyclic) bond motifs is 1. The van der Waals surface area contributed by atoms with Crippen LogP contribution in [0.25, 0.3) is 0 Å². The number of carbonyl (C=O) groups excluding carboxylic acids is 2. The van der Waals surface area contributed by atoms with Gasteiger partial charge in [-0.2, -0.15) is 0 Å². The van der Waals surface area contributed by atoms with Crippen molar-refractivity contribution in [2.24, 2.45) is 0 Å². The second kappa shape index (κ2) is 9.29. The summed E-state index contributed by atoms with van der Waals surface area (Å²) in [6, 6.07) is 13.4. The van der Waals surface area contributed by atoms with Crippen LogP contribution in [0.15, 0.2) is 47.4 Å². The predicted octanol–water partition coefficient (Wildman–Crippen LogP) is 4.34. The Labute approximate surface area is 168 Å². The van der Waals surface area contributed by atoms with Gasteiger partial charge in [-0.15, -0.1) is 11.8 Å². The molecule has 6 heteroatoms. The van der Waals surface area contributed by atoms with Gasteiger partial charge in [0.1, 0.15) is 0 Å². The van der Waals surface area contributed by atoms with E-state index in [-0.39, 0.29) is 24.3 Å². The third-order valence-corrected chi connectivity index (χ3v) is 5.72. The first kappa shape index (κ1) is 19.8. The van der Waals surface area contributed by atoms with Crippen molar-refractivity contribution < 1.29 is 14.3 Å². The van der Waals surface area contributed by atoms with Gasteiger partial charge in [0, 0.05) is 9.92 Å². The van der Waals surface area contributed by atoms with Crippen molar-refractivity contribution in [2.75, 3.05) is 12.4 Å².